The van der Waals surface area contributed by atoms with Crippen LogP contribution in [0.1, 0.15) is 26.7 Å². The number of carbonyl (C=O) groups excluding carboxylic acids is 1. The second kappa shape index (κ2) is 7.76. The molecule has 84 valence electrons. The lowest BCUT2D eigenvalue weighted by Gasteiger charge is -2.23. The monoisotopic (exact) mass is 203 g/mol. The van der Waals surface area contributed by atoms with Crippen LogP contribution < -0.4 is 0 Å². The Bertz CT molecular complexity index is 161. The van der Waals surface area contributed by atoms with Gasteiger partial charge in [0, 0.05) is 13.7 Å². The number of carbonyl (C=O) groups is 1. The van der Waals surface area contributed by atoms with Crippen molar-refractivity contribution in [3.8, 4) is 0 Å². The van der Waals surface area contributed by atoms with E-state index in [-0.39, 0.29) is 18.6 Å². The molecule has 0 saturated carbocycles. The first-order chi connectivity index (χ1) is 6.63. The SMILES string of the molecule is CCCOCCC(=O)N(C)C(C)CO. The van der Waals surface area contributed by atoms with Gasteiger partial charge in [0.2, 0.25) is 5.91 Å². The molecule has 0 rings (SSSR count). The zero-order valence-electron chi connectivity index (χ0n) is 9.32. The van der Waals surface area contributed by atoms with Gasteiger partial charge in [0.25, 0.3) is 0 Å². The van der Waals surface area contributed by atoms with Crippen LogP contribution in [-0.4, -0.2) is 48.8 Å². The van der Waals surface area contributed by atoms with Gasteiger partial charge in [-0.15, -0.1) is 0 Å². The van der Waals surface area contributed by atoms with E-state index in [0.29, 0.717) is 19.6 Å². The van der Waals surface area contributed by atoms with Gasteiger partial charge in [0.1, 0.15) is 0 Å². The smallest absolute Gasteiger partial charge is 0.224 e. The molecule has 0 aromatic heterocycles. The Kier molecular flexibility index (Phi) is 7.42. The zero-order chi connectivity index (χ0) is 11.0. The minimum absolute atomic E-state index is 0.00193. The molecule has 14 heavy (non-hydrogen) atoms. The zero-order valence-corrected chi connectivity index (χ0v) is 9.32. The van der Waals surface area contributed by atoms with Gasteiger partial charge >= 0.3 is 0 Å². The van der Waals surface area contributed by atoms with Crippen molar-refractivity contribution in [2.24, 2.45) is 0 Å². The first-order valence-corrected chi connectivity index (χ1v) is 5.07. The normalized spacial score (nSPS) is 12.6. The summed E-state index contributed by atoms with van der Waals surface area (Å²) in [6.07, 6.45) is 1.36. The third kappa shape index (κ3) is 5.19. The molecule has 1 unspecified atom stereocenters. The van der Waals surface area contributed by atoms with E-state index in [1.54, 1.807) is 11.9 Å². The highest BCUT2D eigenvalue weighted by Gasteiger charge is 2.13. The topological polar surface area (TPSA) is 49.8 Å². The van der Waals surface area contributed by atoms with Crippen LogP contribution in [0.4, 0.5) is 0 Å². The fourth-order valence-electron chi connectivity index (χ4n) is 0.951. The summed E-state index contributed by atoms with van der Waals surface area (Å²) in [4.78, 5) is 13.0. The summed E-state index contributed by atoms with van der Waals surface area (Å²) >= 11 is 0. The Labute approximate surface area is 85.9 Å². The van der Waals surface area contributed by atoms with Crippen molar-refractivity contribution >= 4 is 5.91 Å². The number of aliphatic hydroxyl groups is 1. The van der Waals surface area contributed by atoms with E-state index >= 15 is 0 Å². The molecule has 1 atom stereocenters. The highest BCUT2D eigenvalue weighted by molar-refractivity contribution is 5.76. The lowest BCUT2D eigenvalue weighted by molar-refractivity contribution is -0.133. The van der Waals surface area contributed by atoms with Crippen molar-refractivity contribution in [2.75, 3.05) is 26.9 Å². The number of hydrogen-bond acceptors (Lipinski definition) is 3. The van der Waals surface area contributed by atoms with Crippen LogP contribution in [0, 0.1) is 0 Å². The maximum atomic E-state index is 11.4. The van der Waals surface area contributed by atoms with Crippen molar-refractivity contribution in [1.82, 2.24) is 4.90 Å². The molecular weight excluding hydrogens is 182 g/mol. The first-order valence-electron chi connectivity index (χ1n) is 5.07. The maximum absolute atomic E-state index is 11.4. The Hall–Kier alpha value is -0.610. The van der Waals surface area contributed by atoms with Gasteiger partial charge in [0.15, 0.2) is 0 Å². The van der Waals surface area contributed by atoms with Crippen molar-refractivity contribution in [1.29, 1.82) is 0 Å². The summed E-state index contributed by atoms with van der Waals surface area (Å²) < 4.78 is 5.21. The van der Waals surface area contributed by atoms with Gasteiger partial charge in [-0.05, 0) is 13.3 Å². The number of aliphatic hydroxyl groups excluding tert-OH is 1. The summed E-state index contributed by atoms with van der Waals surface area (Å²) in [7, 11) is 1.70. The molecule has 1 N–H and O–H groups in total. The molecule has 0 saturated heterocycles. The molecule has 0 aromatic rings. The highest BCUT2D eigenvalue weighted by Crippen LogP contribution is 1.98. The Morgan fingerprint density at radius 2 is 2.14 bits per heavy atom. The standard InChI is InChI=1S/C10H21NO3/c1-4-6-14-7-5-10(13)11(3)9(2)8-12/h9,12H,4-8H2,1-3H3. The fraction of sp³-hybridized carbons (Fsp3) is 0.900. The minimum atomic E-state index is -0.117. The van der Waals surface area contributed by atoms with E-state index in [9.17, 15) is 4.79 Å². The largest absolute Gasteiger partial charge is 0.394 e. The van der Waals surface area contributed by atoms with Gasteiger partial charge in [-0.1, -0.05) is 6.92 Å². The predicted octanol–water partition coefficient (Wildman–Crippen LogP) is 0.642. The van der Waals surface area contributed by atoms with E-state index in [1.165, 1.54) is 0 Å². The quantitative estimate of drug-likeness (QED) is 0.618. The second-order valence-electron chi connectivity index (χ2n) is 3.40. The van der Waals surface area contributed by atoms with Crippen LogP contribution in [0.5, 0.6) is 0 Å². The van der Waals surface area contributed by atoms with Crippen LogP contribution in [0.3, 0.4) is 0 Å². The number of rotatable bonds is 7. The summed E-state index contributed by atoms with van der Waals surface area (Å²) in [5.41, 5.74) is 0. The number of amides is 1. The first kappa shape index (κ1) is 13.4. The summed E-state index contributed by atoms with van der Waals surface area (Å²) in [6, 6.07) is -0.117. The highest BCUT2D eigenvalue weighted by atomic mass is 16.5. The van der Waals surface area contributed by atoms with Gasteiger partial charge in [0.05, 0.1) is 25.7 Å². The van der Waals surface area contributed by atoms with Gasteiger partial charge in [-0.25, -0.2) is 0 Å². The summed E-state index contributed by atoms with van der Waals surface area (Å²) in [6.45, 7) is 5.01. The molecule has 0 aliphatic rings. The van der Waals surface area contributed by atoms with Crippen LogP contribution in [0.15, 0.2) is 0 Å². The van der Waals surface area contributed by atoms with E-state index in [0.717, 1.165) is 6.42 Å². The van der Waals surface area contributed by atoms with Crippen LogP contribution >= 0.6 is 0 Å². The third-order valence-corrected chi connectivity index (χ3v) is 2.13. The van der Waals surface area contributed by atoms with Gasteiger partial charge in [-0.3, -0.25) is 4.79 Å². The van der Waals surface area contributed by atoms with Crippen molar-refractivity contribution in [3.05, 3.63) is 0 Å². The molecule has 0 aromatic carbocycles. The van der Waals surface area contributed by atoms with Crippen molar-refractivity contribution in [3.63, 3.8) is 0 Å². The Balaban J connectivity index is 3.62. The summed E-state index contributed by atoms with van der Waals surface area (Å²) in [5.74, 6) is 0.0163. The second-order valence-corrected chi connectivity index (χ2v) is 3.40. The number of likely N-dealkylation sites (N-methyl/N-ethyl adjacent to an activating group) is 1. The third-order valence-electron chi connectivity index (χ3n) is 2.13. The summed E-state index contributed by atoms with van der Waals surface area (Å²) in [5, 5.41) is 8.84. The molecule has 0 fully saturated rings. The Morgan fingerprint density at radius 3 is 2.64 bits per heavy atom. The molecule has 0 spiro atoms. The average molecular weight is 203 g/mol. The Morgan fingerprint density at radius 1 is 1.50 bits per heavy atom. The lowest BCUT2D eigenvalue weighted by Crippen LogP contribution is -2.37. The lowest BCUT2D eigenvalue weighted by atomic mass is 10.3. The van der Waals surface area contributed by atoms with E-state index in [4.69, 9.17) is 9.84 Å². The van der Waals surface area contributed by atoms with Crippen LogP contribution in [0.2, 0.25) is 0 Å². The molecule has 0 bridgehead atoms. The van der Waals surface area contributed by atoms with Crippen molar-refractivity contribution in [2.45, 2.75) is 32.7 Å². The van der Waals surface area contributed by atoms with Crippen molar-refractivity contribution < 1.29 is 14.6 Å². The fourth-order valence-corrected chi connectivity index (χ4v) is 0.951. The molecule has 4 nitrogen and oxygen atoms in total. The van der Waals surface area contributed by atoms with Crippen LogP contribution in [0.25, 0.3) is 0 Å². The molecule has 0 aliphatic heterocycles. The van der Waals surface area contributed by atoms with Gasteiger partial charge in [-0.2, -0.15) is 0 Å². The minimum Gasteiger partial charge on any atom is -0.394 e. The van der Waals surface area contributed by atoms with E-state index in [2.05, 4.69) is 0 Å². The molecule has 4 heteroatoms. The molecular formula is C10H21NO3. The molecule has 0 radical (unpaired) electrons. The maximum Gasteiger partial charge on any atom is 0.224 e. The number of hydrogen-bond donors (Lipinski definition) is 1. The average Bonchev–Trinajstić information content (AvgIpc) is 2.21. The molecule has 0 aliphatic carbocycles. The number of ether oxygens (including phenoxy) is 1. The molecule has 1 amide bonds. The van der Waals surface area contributed by atoms with E-state index in [1.807, 2.05) is 13.8 Å². The van der Waals surface area contributed by atoms with E-state index < -0.39 is 0 Å². The molecule has 0 heterocycles. The predicted molar refractivity (Wildman–Crippen MR) is 55.0 cm³/mol. The number of nitrogens with zero attached hydrogens (tertiary/aromatic N) is 1. The van der Waals surface area contributed by atoms with Gasteiger partial charge < -0.3 is 14.7 Å². The van der Waals surface area contributed by atoms with Crippen LogP contribution in [-0.2, 0) is 9.53 Å².